The largest absolute Gasteiger partial charge is 0.397 e. The monoisotopic (exact) mass is 473 g/mol. The molecule has 1 aromatic heterocycles. The van der Waals surface area contributed by atoms with Crippen LogP contribution in [0.2, 0.25) is 0 Å². The van der Waals surface area contributed by atoms with Crippen LogP contribution >= 0.6 is 11.3 Å². The molecule has 0 saturated heterocycles. The molecule has 0 aliphatic heterocycles. The van der Waals surface area contributed by atoms with Gasteiger partial charge in [-0.15, -0.1) is 11.3 Å². The molecule has 0 spiro atoms. The quantitative estimate of drug-likeness (QED) is 0.263. The van der Waals surface area contributed by atoms with Crippen molar-refractivity contribution < 1.29 is 13.2 Å². The first-order valence-corrected chi connectivity index (χ1v) is 11.8. The van der Waals surface area contributed by atoms with Gasteiger partial charge in [0.25, 0.3) is 0 Å². The third-order valence-corrected chi connectivity index (χ3v) is 6.90. The van der Waals surface area contributed by atoms with Gasteiger partial charge in [-0.25, -0.2) is 9.98 Å². The molecule has 0 aliphatic carbocycles. The lowest BCUT2D eigenvalue weighted by molar-refractivity contribution is -0.180. The van der Waals surface area contributed by atoms with Gasteiger partial charge in [-0.1, -0.05) is 30.3 Å². The van der Waals surface area contributed by atoms with E-state index in [4.69, 9.17) is 4.98 Å². The first-order chi connectivity index (χ1) is 15.4. The lowest BCUT2D eigenvalue weighted by Crippen LogP contribution is -2.36. The lowest BCUT2D eigenvalue weighted by atomic mass is 9.83. The van der Waals surface area contributed by atoms with Crippen molar-refractivity contribution in [1.29, 1.82) is 0 Å². The summed E-state index contributed by atoms with van der Waals surface area (Å²) in [4.78, 5) is 11.4. The average Bonchev–Trinajstić information content (AvgIpc) is 3.22. The Hall–Kier alpha value is -2.67. The number of thiazole rings is 1. The van der Waals surface area contributed by atoms with Crippen LogP contribution in [-0.4, -0.2) is 36.0 Å². The summed E-state index contributed by atoms with van der Waals surface area (Å²) in [6.45, 7) is 9.51. The van der Waals surface area contributed by atoms with Crippen molar-refractivity contribution in [1.82, 2.24) is 9.88 Å². The number of benzene rings is 2. The minimum atomic E-state index is -4.30. The Kier molecular flexibility index (Phi) is 7.32. The normalized spacial score (nSPS) is 12.5. The van der Waals surface area contributed by atoms with Gasteiger partial charge in [-0.05, 0) is 62.9 Å². The summed E-state index contributed by atoms with van der Waals surface area (Å²) in [7, 11) is 1.99. The van der Waals surface area contributed by atoms with Crippen LogP contribution in [0.1, 0.15) is 48.0 Å². The van der Waals surface area contributed by atoms with Gasteiger partial charge in [0.05, 0.1) is 28.1 Å². The summed E-state index contributed by atoms with van der Waals surface area (Å²) >= 11 is 1.56. The van der Waals surface area contributed by atoms with Crippen molar-refractivity contribution in [3.8, 4) is 11.3 Å². The van der Waals surface area contributed by atoms with Gasteiger partial charge < -0.3 is 4.90 Å². The molecule has 0 atom stereocenters. The molecule has 7 heteroatoms. The number of nitrogens with zero attached hydrogens (tertiary/aromatic N) is 3. The van der Waals surface area contributed by atoms with Crippen molar-refractivity contribution >= 4 is 23.4 Å². The zero-order valence-electron chi connectivity index (χ0n) is 19.9. The third-order valence-electron chi connectivity index (χ3n) is 6.05. The maximum Gasteiger partial charge on any atom is 0.397 e. The summed E-state index contributed by atoms with van der Waals surface area (Å²) in [5.74, 6) is 0. The Labute approximate surface area is 198 Å². The van der Waals surface area contributed by atoms with Gasteiger partial charge in [0.15, 0.2) is 0 Å². The second kappa shape index (κ2) is 9.67. The van der Waals surface area contributed by atoms with E-state index in [9.17, 15) is 13.2 Å². The third kappa shape index (κ3) is 5.64. The van der Waals surface area contributed by atoms with Crippen LogP contribution in [0.4, 0.5) is 18.9 Å². The van der Waals surface area contributed by atoms with Crippen molar-refractivity contribution in [3.05, 3.63) is 69.0 Å². The van der Waals surface area contributed by atoms with Crippen molar-refractivity contribution in [2.75, 3.05) is 13.6 Å². The zero-order chi connectivity index (χ0) is 24.4. The average molecular weight is 474 g/mol. The van der Waals surface area contributed by atoms with Gasteiger partial charge in [0.1, 0.15) is 0 Å². The molecule has 0 radical (unpaired) electrons. The first-order valence-electron chi connectivity index (χ1n) is 10.9. The molecule has 0 fully saturated rings. The molecule has 1 heterocycles. The molecule has 33 heavy (non-hydrogen) atoms. The molecular formula is C26H30F3N3S. The second-order valence-corrected chi connectivity index (χ2v) is 9.83. The van der Waals surface area contributed by atoms with Crippen LogP contribution < -0.4 is 0 Å². The van der Waals surface area contributed by atoms with Crippen LogP contribution in [0.15, 0.2) is 46.8 Å². The predicted octanol–water partition coefficient (Wildman–Crippen LogP) is 7.47. The van der Waals surface area contributed by atoms with E-state index in [1.54, 1.807) is 35.6 Å². The van der Waals surface area contributed by atoms with Crippen molar-refractivity contribution in [3.63, 3.8) is 0 Å². The molecule has 0 aliphatic rings. The Balaban J connectivity index is 1.78. The molecular weight excluding hydrogens is 443 g/mol. The van der Waals surface area contributed by atoms with Crippen LogP contribution in [0.25, 0.3) is 11.3 Å². The highest BCUT2D eigenvalue weighted by Crippen LogP contribution is 2.40. The van der Waals surface area contributed by atoms with E-state index in [0.717, 1.165) is 39.6 Å². The first kappa shape index (κ1) is 25.0. The highest BCUT2D eigenvalue weighted by Gasteiger charge is 2.48. The van der Waals surface area contributed by atoms with Crippen molar-refractivity contribution in [2.45, 2.75) is 52.6 Å². The van der Waals surface area contributed by atoms with E-state index in [1.807, 2.05) is 23.7 Å². The predicted molar refractivity (Wildman–Crippen MR) is 132 cm³/mol. The van der Waals surface area contributed by atoms with E-state index >= 15 is 0 Å². The Bertz CT molecular complexity index is 1130. The molecule has 0 bridgehead atoms. The van der Waals surface area contributed by atoms with Gasteiger partial charge >= 0.3 is 6.18 Å². The number of aryl methyl sites for hydroxylation is 2. The van der Waals surface area contributed by atoms with Crippen LogP contribution in [0.5, 0.6) is 0 Å². The van der Waals surface area contributed by atoms with Crippen LogP contribution in [0.3, 0.4) is 0 Å². The number of aliphatic imine (C=N–C) groups is 1. The van der Waals surface area contributed by atoms with Gasteiger partial charge in [0, 0.05) is 31.0 Å². The number of aromatic nitrogens is 1. The van der Waals surface area contributed by atoms with Crippen LogP contribution in [0, 0.1) is 13.8 Å². The lowest BCUT2D eigenvalue weighted by Gasteiger charge is -2.28. The summed E-state index contributed by atoms with van der Waals surface area (Å²) in [6, 6.07) is 10.8. The SMILES string of the molecule is CCN(C)C=Nc1cc(C)c(Cc2nc(-c3ccc(C(C)(C)C(F)(F)F)cc3)cs2)cc1C. The number of hydrogen-bond donors (Lipinski definition) is 0. The molecule has 0 N–H and O–H groups in total. The zero-order valence-corrected chi connectivity index (χ0v) is 20.7. The van der Waals surface area contributed by atoms with Crippen molar-refractivity contribution in [2.24, 2.45) is 4.99 Å². The second-order valence-electron chi connectivity index (χ2n) is 8.89. The fourth-order valence-corrected chi connectivity index (χ4v) is 4.17. The Morgan fingerprint density at radius 1 is 1.06 bits per heavy atom. The summed E-state index contributed by atoms with van der Waals surface area (Å²) < 4.78 is 39.9. The molecule has 0 unspecified atom stereocenters. The maximum absolute atomic E-state index is 13.3. The van der Waals surface area contributed by atoms with E-state index in [1.165, 1.54) is 19.4 Å². The van der Waals surface area contributed by atoms with Gasteiger partial charge in [-0.2, -0.15) is 13.2 Å². The standard InChI is InChI=1S/C26H30F3N3S/c1-7-32(6)16-30-22-13-17(2)20(12-18(22)3)14-24-31-23(15-33-24)19-8-10-21(11-9-19)25(4,5)26(27,28)29/h8-13,15-16H,7,14H2,1-6H3. The van der Waals surface area contributed by atoms with E-state index in [2.05, 4.69) is 37.9 Å². The highest BCUT2D eigenvalue weighted by atomic mass is 32.1. The molecule has 0 saturated carbocycles. The minimum absolute atomic E-state index is 0.244. The highest BCUT2D eigenvalue weighted by molar-refractivity contribution is 7.10. The molecule has 2 aromatic carbocycles. The summed E-state index contributed by atoms with van der Waals surface area (Å²) in [5.41, 5.74) is 4.36. The number of alkyl halides is 3. The van der Waals surface area contributed by atoms with E-state index < -0.39 is 11.6 Å². The number of halogens is 3. The minimum Gasteiger partial charge on any atom is -0.366 e. The van der Waals surface area contributed by atoms with Gasteiger partial charge in [-0.3, -0.25) is 0 Å². The molecule has 3 aromatic rings. The van der Waals surface area contributed by atoms with Gasteiger partial charge in [0.2, 0.25) is 0 Å². The van der Waals surface area contributed by atoms with Crippen LogP contribution in [-0.2, 0) is 11.8 Å². The summed E-state index contributed by atoms with van der Waals surface area (Å²) in [6.07, 6.45) is -1.75. The fourth-order valence-electron chi connectivity index (χ4n) is 3.34. The molecule has 0 amide bonds. The van der Waals surface area contributed by atoms with E-state index in [0.29, 0.717) is 6.42 Å². The smallest absolute Gasteiger partial charge is 0.366 e. The topological polar surface area (TPSA) is 28.5 Å². The number of rotatable bonds is 7. The molecule has 176 valence electrons. The molecule has 3 rings (SSSR count). The Morgan fingerprint density at radius 2 is 1.73 bits per heavy atom. The fraction of sp³-hybridized carbons (Fsp3) is 0.385. The molecule has 3 nitrogen and oxygen atoms in total. The van der Waals surface area contributed by atoms with E-state index in [-0.39, 0.29) is 5.56 Å². The Morgan fingerprint density at radius 3 is 2.33 bits per heavy atom. The number of hydrogen-bond acceptors (Lipinski definition) is 3. The summed E-state index contributed by atoms with van der Waals surface area (Å²) in [5, 5.41) is 2.93. The maximum atomic E-state index is 13.3.